The highest BCUT2D eigenvalue weighted by atomic mass is 35.5. The van der Waals surface area contributed by atoms with Gasteiger partial charge in [-0.05, 0) is 31.7 Å². The average Bonchev–Trinajstić information content (AvgIpc) is 2.50. The van der Waals surface area contributed by atoms with Crippen molar-refractivity contribution in [3.63, 3.8) is 0 Å². The highest BCUT2D eigenvalue weighted by Gasteiger charge is 2.23. The molecule has 0 radical (unpaired) electrons. The van der Waals surface area contributed by atoms with Gasteiger partial charge >= 0.3 is 0 Å². The van der Waals surface area contributed by atoms with E-state index in [4.69, 9.17) is 26.8 Å². The Hall–Kier alpha value is -1.46. The molecule has 1 aromatic rings. The van der Waals surface area contributed by atoms with Crippen molar-refractivity contribution in [1.29, 1.82) is 0 Å². The highest BCUT2D eigenvalue weighted by molar-refractivity contribution is 6.33. The van der Waals surface area contributed by atoms with Crippen molar-refractivity contribution in [2.75, 3.05) is 26.1 Å². The molecule has 0 aliphatic carbocycles. The maximum Gasteiger partial charge on any atom is 0.255 e. The van der Waals surface area contributed by atoms with E-state index in [1.807, 2.05) is 6.92 Å². The minimum atomic E-state index is -0.201. The number of rotatable bonds is 4. The fourth-order valence-electron chi connectivity index (χ4n) is 2.53. The number of carbonyl (C=O) groups is 1. The first kappa shape index (κ1) is 15.9. The first-order valence-corrected chi connectivity index (χ1v) is 7.42. The van der Waals surface area contributed by atoms with Gasteiger partial charge in [-0.15, -0.1) is 0 Å². The Morgan fingerprint density at radius 2 is 2.14 bits per heavy atom. The number of halogens is 1. The molecule has 1 fully saturated rings. The van der Waals surface area contributed by atoms with Gasteiger partial charge in [0.25, 0.3) is 5.91 Å². The topological polar surface area (TPSA) is 73.6 Å². The standard InChI is InChI=1S/C15H21ClN2O3/c1-9(10-3-5-21-6-4-10)18-15(19)11-7-12(16)13(17)8-14(11)20-2/h7-10H,3-6,17H2,1-2H3,(H,18,19). The van der Waals surface area contributed by atoms with Crippen LogP contribution in [-0.2, 0) is 4.74 Å². The first-order chi connectivity index (χ1) is 10.0. The maximum atomic E-state index is 12.4. The van der Waals surface area contributed by atoms with E-state index < -0.39 is 0 Å². The van der Waals surface area contributed by atoms with Crippen LogP contribution in [0.25, 0.3) is 0 Å². The van der Waals surface area contributed by atoms with Gasteiger partial charge in [-0.3, -0.25) is 4.79 Å². The van der Waals surface area contributed by atoms with E-state index in [1.165, 1.54) is 7.11 Å². The molecule has 1 atom stereocenters. The Balaban J connectivity index is 2.10. The molecule has 0 bridgehead atoms. The summed E-state index contributed by atoms with van der Waals surface area (Å²) in [6.45, 7) is 3.52. The second kappa shape index (κ2) is 7.00. The number of nitrogens with one attached hydrogen (secondary N) is 1. The van der Waals surface area contributed by atoms with Crippen LogP contribution >= 0.6 is 11.6 Å². The number of methoxy groups -OCH3 is 1. The minimum Gasteiger partial charge on any atom is -0.496 e. The Labute approximate surface area is 129 Å². The van der Waals surface area contributed by atoms with E-state index in [9.17, 15) is 4.79 Å². The molecular weight excluding hydrogens is 292 g/mol. The minimum absolute atomic E-state index is 0.0717. The zero-order valence-electron chi connectivity index (χ0n) is 12.3. The van der Waals surface area contributed by atoms with Crippen molar-refractivity contribution in [3.8, 4) is 5.75 Å². The molecule has 0 aromatic heterocycles. The van der Waals surface area contributed by atoms with Crippen molar-refractivity contribution in [2.45, 2.75) is 25.8 Å². The summed E-state index contributed by atoms with van der Waals surface area (Å²) in [5.41, 5.74) is 6.52. The van der Waals surface area contributed by atoms with Gasteiger partial charge in [0.15, 0.2) is 0 Å². The van der Waals surface area contributed by atoms with Gasteiger partial charge < -0.3 is 20.5 Å². The second-order valence-corrected chi connectivity index (χ2v) is 5.69. The van der Waals surface area contributed by atoms with Crippen LogP contribution in [0.5, 0.6) is 5.75 Å². The lowest BCUT2D eigenvalue weighted by atomic mass is 9.92. The number of anilines is 1. The van der Waals surface area contributed by atoms with Crippen LogP contribution in [0.4, 0.5) is 5.69 Å². The Morgan fingerprint density at radius 3 is 2.76 bits per heavy atom. The zero-order valence-corrected chi connectivity index (χ0v) is 13.1. The van der Waals surface area contributed by atoms with Crippen LogP contribution < -0.4 is 15.8 Å². The lowest BCUT2D eigenvalue weighted by Crippen LogP contribution is -2.40. The fourth-order valence-corrected chi connectivity index (χ4v) is 2.70. The molecule has 3 N–H and O–H groups in total. The molecule has 21 heavy (non-hydrogen) atoms. The van der Waals surface area contributed by atoms with Crippen LogP contribution in [-0.4, -0.2) is 32.3 Å². The smallest absolute Gasteiger partial charge is 0.255 e. The molecule has 6 heteroatoms. The monoisotopic (exact) mass is 312 g/mol. The normalized spacial score (nSPS) is 17.3. The third kappa shape index (κ3) is 3.80. The van der Waals surface area contributed by atoms with E-state index in [0.717, 1.165) is 26.1 Å². The molecule has 116 valence electrons. The summed E-state index contributed by atoms with van der Waals surface area (Å²) in [5.74, 6) is 0.652. The van der Waals surface area contributed by atoms with Crippen LogP contribution in [0, 0.1) is 5.92 Å². The van der Waals surface area contributed by atoms with Crippen LogP contribution in [0.3, 0.4) is 0 Å². The number of hydrogen-bond donors (Lipinski definition) is 2. The number of nitrogen functional groups attached to an aromatic ring is 1. The van der Waals surface area contributed by atoms with Gasteiger partial charge in [0, 0.05) is 25.3 Å². The Morgan fingerprint density at radius 1 is 1.48 bits per heavy atom. The molecule has 0 saturated carbocycles. The fraction of sp³-hybridized carbons (Fsp3) is 0.533. The van der Waals surface area contributed by atoms with Gasteiger partial charge in [0.05, 0.1) is 23.4 Å². The third-order valence-electron chi connectivity index (χ3n) is 3.90. The molecule has 1 aliphatic rings. The first-order valence-electron chi connectivity index (χ1n) is 7.04. The highest BCUT2D eigenvalue weighted by Crippen LogP contribution is 2.29. The Kier molecular flexibility index (Phi) is 5.31. The third-order valence-corrected chi connectivity index (χ3v) is 4.22. The summed E-state index contributed by atoms with van der Waals surface area (Å²) >= 11 is 6.00. The predicted octanol–water partition coefficient (Wildman–Crippen LogP) is 2.48. The molecule has 5 nitrogen and oxygen atoms in total. The van der Waals surface area contributed by atoms with Crippen molar-refractivity contribution in [3.05, 3.63) is 22.7 Å². The van der Waals surface area contributed by atoms with Crippen molar-refractivity contribution in [1.82, 2.24) is 5.32 Å². The zero-order chi connectivity index (χ0) is 15.4. The van der Waals surface area contributed by atoms with Gasteiger partial charge in [0.1, 0.15) is 5.75 Å². The lowest BCUT2D eigenvalue weighted by molar-refractivity contribution is 0.0538. The summed E-state index contributed by atoms with van der Waals surface area (Å²) in [6, 6.07) is 3.18. The number of amides is 1. The van der Waals surface area contributed by atoms with E-state index in [-0.39, 0.29) is 11.9 Å². The average molecular weight is 313 g/mol. The summed E-state index contributed by atoms with van der Waals surface area (Å²) in [7, 11) is 1.50. The lowest BCUT2D eigenvalue weighted by Gasteiger charge is -2.28. The summed E-state index contributed by atoms with van der Waals surface area (Å²) in [4.78, 5) is 12.4. The van der Waals surface area contributed by atoms with Gasteiger partial charge in [-0.25, -0.2) is 0 Å². The molecule has 0 spiro atoms. The van der Waals surface area contributed by atoms with Crippen molar-refractivity contribution in [2.24, 2.45) is 5.92 Å². The van der Waals surface area contributed by atoms with Crippen LogP contribution in [0.15, 0.2) is 12.1 Å². The number of benzene rings is 1. The maximum absolute atomic E-state index is 12.4. The number of ether oxygens (including phenoxy) is 2. The molecule has 2 rings (SSSR count). The molecule has 1 saturated heterocycles. The summed E-state index contributed by atoms with van der Waals surface area (Å²) < 4.78 is 10.6. The quantitative estimate of drug-likeness (QED) is 0.838. The van der Waals surface area contributed by atoms with Gasteiger partial charge in [-0.1, -0.05) is 11.6 Å². The molecular formula is C15H21ClN2O3. The van der Waals surface area contributed by atoms with Crippen LogP contribution in [0.1, 0.15) is 30.1 Å². The van der Waals surface area contributed by atoms with Crippen molar-refractivity contribution >= 4 is 23.2 Å². The number of hydrogen-bond acceptors (Lipinski definition) is 4. The molecule has 1 heterocycles. The Bertz CT molecular complexity index is 516. The number of carbonyl (C=O) groups excluding carboxylic acids is 1. The summed E-state index contributed by atoms with van der Waals surface area (Å²) in [5, 5.41) is 3.36. The number of nitrogens with two attached hydrogens (primary N) is 1. The van der Waals surface area contributed by atoms with Crippen molar-refractivity contribution < 1.29 is 14.3 Å². The van der Waals surface area contributed by atoms with E-state index in [1.54, 1.807) is 12.1 Å². The van der Waals surface area contributed by atoms with E-state index >= 15 is 0 Å². The SMILES string of the molecule is COc1cc(N)c(Cl)cc1C(=O)NC(C)C1CCOCC1. The predicted molar refractivity (Wildman–Crippen MR) is 82.9 cm³/mol. The van der Waals surface area contributed by atoms with Gasteiger partial charge in [0.2, 0.25) is 0 Å². The molecule has 1 aromatic carbocycles. The van der Waals surface area contributed by atoms with Crippen LogP contribution in [0.2, 0.25) is 5.02 Å². The molecule has 1 amide bonds. The second-order valence-electron chi connectivity index (χ2n) is 5.29. The molecule has 1 unspecified atom stereocenters. The largest absolute Gasteiger partial charge is 0.496 e. The van der Waals surface area contributed by atoms with E-state index in [2.05, 4.69) is 5.32 Å². The van der Waals surface area contributed by atoms with E-state index in [0.29, 0.717) is 27.9 Å². The van der Waals surface area contributed by atoms with Gasteiger partial charge in [-0.2, -0.15) is 0 Å². The summed E-state index contributed by atoms with van der Waals surface area (Å²) in [6.07, 6.45) is 1.92. The molecule has 1 aliphatic heterocycles.